The number of H-pyrrole nitrogens is 1. The zero-order valence-corrected chi connectivity index (χ0v) is 13.5. The SMILES string of the molecule is COc1ccc(CNC(=O)Cc2c[nH]c3ccccc23)c(Cl)c1. The molecule has 5 heteroatoms. The first-order valence-corrected chi connectivity index (χ1v) is 7.69. The number of carbonyl (C=O) groups excluding carboxylic acids is 1. The highest BCUT2D eigenvalue weighted by atomic mass is 35.5. The largest absolute Gasteiger partial charge is 0.497 e. The minimum absolute atomic E-state index is 0.0402. The highest BCUT2D eigenvalue weighted by Gasteiger charge is 2.09. The van der Waals surface area contributed by atoms with E-state index in [9.17, 15) is 4.79 Å². The van der Waals surface area contributed by atoms with Crippen LogP contribution in [0.3, 0.4) is 0 Å². The number of carbonyl (C=O) groups is 1. The highest BCUT2D eigenvalue weighted by molar-refractivity contribution is 6.31. The molecule has 0 bridgehead atoms. The van der Waals surface area contributed by atoms with Crippen molar-refractivity contribution < 1.29 is 9.53 Å². The molecule has 0 aliphatic carbocycles. The van der Waals surface area contributed by atoms with E-state index in [4.69, 9.17) is 16.3 Å². The van der Waals surface area contributed by atoms with Crippen LogP contribution in [0.5, 0.6) is 5.75 Å². The number of methoxy groups -OCH3 is 1. The van der Waals surface area contributed by atoms with Gasteiger partial charge in [-0.2, -0.15) is 0 Å². The molecule has 118 valence electrons. The molecule has 0 saturated carbocycles. The Morgan fingerprint density at radius 2 is 2.04 bits per heavy atom. The number of hydrogen-bond acceptors (Lipinski definition) is 2. The summed E-state index contributed by atoms with van der Waals surface area (Å²) in [6.45, 7) is 0.393. The Bertz CT molecular complexity index is 842. The Balaban J connectivity index is 1.64. The standard InChI is InChI=1S/C18H17ClN2O2/c1-23-14-7-6-12(16(19)9-14)10-21-18(22)8-13-11-20-17-5-3-2-4-15(13)17/h2-7,9,11,20H,8,10H2,1H3,(H,21,22). The predicted molar refractivity (Wildman–Crippen MR) is 91.9 cm³/mol. The number of aromatic amines is 1. The van der Waals surface area contributed by atoms with Crippen molar-refractivity contribution in [2.75, 3.05) is 7.11 Å². The van der Waals surface area contributed by atoms with Gasteiger partial charge in [0.1, 0.15) is 5.75 Å². The molecule has 0 fully saturated rings. The average Bonchev–Trinajstić information content (AvgIpc) is 2.97. The molecular formula is C18H17ClN2O2. The molecule has 1 aromatic heterocycles. The maximum absolute atomic E-state index is 12.2. The van der Waals surface area contributed by atoms with Gasteiger partial charge in [-0.15, -0.1) is 0 Å². The van der Waals surface area contributed by atoms with Crippen LogP contribution in [0.2, 0.25) is 5.02 Å². The fourth-order valence-electron chi connectivity index (χ4n) is 2.51. The Morgan fingerprint density at radius 1 is 1.22 bits per heavy atom. The molecule has 3 aromatic rings. The second-order valence-corrected chi connectivity index (χ2v) is 5.68. The van der Waals surface area contributed by atoms with E-state index < -0.39 is 0 Å². The van der Waals surface area contributed by atoms with Crippen LogP contribution < -0.4 is 10.1 Å². The Kier molecular flexibility index (Phi) is 4.53. The van der Waals surface area contributed by atoms with Crippen molar-refractivity contribution in [2.45, 2.75) is 13.0 Å². The number of hydrogen-bond donors (Lipinski definition) is 2. The van der Waals surface area contributed by atoms with Crippen molar-refractivity contribution >= 4 is 28.4 Å². The van der Waals surface area contributed by atoms with Gasteiger partial charge in [-0.1, -0.05) is 35.9 Å². The molecule has 0 saturated heterocycles. The van der Waals surface area contributed by atoms with Gasteiger partial charge in [-0.25, -0.2) is 0 Å². The molecule has 3 rings (SSSR count). The third-order valence-electron chi connectivity index (χ3n) is 3.76. The molecule has 0 aliphatic heterocycles. The number of nitrogens with one attached hydrogen (secondary N) is 2. The lowest BCUT2D eigenvalue weighted by molar-refractivity contribution is -0.120. The highest BCUT2D eigenvalue weighted by Crippen LogP contribution is 2.22. The van der Waals surface area contributed by atoms with Gasteiger partial charge >= 0.3 is 0 Å². The molecule has 2 aromatic carbocycles. The normalized spacial score (nSPS) is 10.7. The van der Waals surface area contributed by atoms with Crippen molar-refractivity contribution in [1.82, 2.24) is 10.3 Å². The van der Waals surface area contributed by atoms with E-state index in [-0.39, 0.29) is 5.91 Å². The topological polar surface area (TPSA) is 54.1 Å². The summed E-state index contributed by atoms with van der Waals surface area (Å²) in [5.74, 6) is 0.658. The second-order valence-electron chi connectivity index (χ2n) is 5.27. The number of amides is 1. The minimum atomic E-state index is -0.0402. The maximum Gasteiger partial charge on any atom is 0.224 e. The van der Waals surface area contributed by atoms with E-state index in [1.54, 1.807) is 13.2 Å². The van der Waals surface area contributed by atoms with Gasteiger partial charge in [-0.3, -0.25) is 4.79 Å². The zero-order chi connectivity index (χ0) is 16.2. The molecule has 1 amide bonds. The smallest absolute Gasteiger partial charge is 0.224 e. The van der Waals surface area contributed by atoms with Crippen molar-refractivity contribution in [3.05, 3.63) is 64.8 Å². The van der Waals surface area contributed by atoms with E-state index in [2.05, 4.69) is 10.3 Å². The van der Waals surface area contributed by atoms with Crippen LogP contribution in [-0.2, 0) is 17.8 Å². The lowest BCUT2D eigenvalue weighted by Crippen LogP contribution is -2.24. The summed E-state index contributed by atoms with van der Waals surface area (Å²) in [5.41, 5.74) is 2.88. The third kappa shape index (κ3) is 3.48. The summed E-state index contributed by atoms with van der Waals surface area (Å²) in [7, 11) is 1.59. The van der Waals surface area contributed by atoms with Gasteiger partial charge in [-0.05, 0) is 29.3 Å². The summed E-state index contributed by atoms with van der Waals surface area (Å²) >= 11 is 6.18. The second kappa shape index (κ2) is 6.75. The first kappa shape index (κ1) is 15.4. The number of halogens is 1. The summed E-state index contributed by atoms with van der Waals surface area (Å²) < 4.78 is 5.11. The summed E-state index contributed by atoms with van der Waals surface area (Å²) in [5, 5.41) is 4.56. The molecule has 0 spiro atoms. The van der Waals surface area contributed by atoms with Crippen molar-refractivity contribution in [3.8, 4) is 5.75 Å². The first-order valence-electron chi connectivity index (χ1n) is 7.31. The van der Waals surface area contributed by atoms with E-state index in [1.165, 1.54) is 0 Å². The summed E-state index contributed by atoms with van der Waals surface area (Å²) in [4.78, 5) is 15.3. The quantitative estimate of drug-likeness (QED) is 0.750. The van der Waals surface area contributed by atoms with E-state index in [0.29, 0.717) is 23.7 Å². The van der Waals surface area contributed by atoms with Crippen molar-refractivity contribution in [2.24, 2.45) is 0 Å². The summed E-state index contributed by atoms with van der Waals surface area (Å²) in [6.07, 6.45) is 2.21. The van der Waals surface area contributed by atoms with Gasteiger partial charge < -0.3 is 15.0 Å². The number of benzene rings is 2. The number of ether oxygens (including phenoxy) is 1. The van der Waals surface area contributed by atoms with Gasteiger partial charge in [0, 0.05) is 28.7 Å². The van der Waals surface area contributed by atoms with Gasteiger partial charge in [0.05, 0.1) is 13.5 Å². The number of aromatic nitrogens is 1. The minimum Gasteiger partial charge on any atom is -0.497 e. The van der Waals surface area contributed by atoms with Crippen LogP contribution in [-0.4, -0.2) is 18.0 Å². The van der Waals surface area contributed by atoms with Crippen LogP contribution in [0.1, 0.15) is 11.1 Å². The molecule has 1 heterocycles. The van der Waals surface area contributed by atoms with E-state index in [1.807, 2.05) is 42.6 Å². The molecule has 0 radical (unpaired) electrons. The van der Waals surface area contributed by atoms with Crippen molar-refractivity contribution in [3.63, 3.8) is 0 Å². The number of rotatable bonds is 5. The monoisotopic (exact) mass is 328 g/mol. The Morgan fingerprint density at radius 3 is 2.83 bits per heavy atom. The molecule has 0 aliphatic rings. The van der Waals surface area contributed by atoms with E-state index in [0.717, 1.165) is 22.0 Å². The molecule has 0 unspecified atom stereocenters. The average molecular weight is 329 g/mol. The van der Waals surface area contributed by atoms with Crippen LogP contribution in [0.25, 0.3) is 10.9 Å². The van der Waals surface area contributed by atoms with Crippen LogP contribution in [0.4, 0.5) is 0 Å². The fraction of sp³-hybridized carbons (Fsp3) is 0.167. The van der Waals surface area contributed by atoms with Gasteiger partial charge in [0.25, 0.3) is 0 Å². The molecule has 4 nitrogen and oxygen atoms in total. The lowest BCUT2D eigenvalue weighted by atomic mass is 10.1. The molecule has 23 heavy (non-hydrogen) atoms. The van der Waals surface area contributed by atoms with Crippen LogP contribution in [0, 0.1) is 0 Å². The van der Waals surface area contributed by atoms with Gasteiger partial charge in [0.15, 0.2) is 0 Å². The van der Waals surface area contributed by atoms with Gasteiger partial charge in [0.2, 0.25) is 5.91 Å². The first-order chi connectivity index (χ1) is 11.2. The van der Waals surface area contributed by atoms with Crippen molar-refractivity contribution in [1.29, 1.82) is 0 Å². The third-order valence-corrected chi connectivity index (χ3v) is 4.11. The predicted octanol–water partition coefficient (Wildman–Crippen LogP) is 3.69. The zero-order valence-electron chi connectivity index (χ0n) is 12.7. The van der Waals surface area contributed by atoms with E-state index >= 15 is 0 Å². The van der Waals surface area contributed by atoms with Crippen LogP contribution >= 0.6 is 11.6 Å². The maximum atomic E-state index is 12.2. The Labute approximate surface area is 139 Å². The fourth-order valence-corrected chi connectivity index (χ4v) is 2.74. The number of para-hydroxylation sites is 1. The lowest BCUT2D eigenvalue weighted by Gasteiger charge is -2.08. The molecule has 2 N–H and O–H groups in total. The van der Waals surface area contributed by atoms with Crippen LogP contribution in [0.15, 0.2) is 48.7 Å². The molecule has 0 atom stereocenters. The number of fused-ring (bicyclic) bond motifs is 1. The Hall–Kier alpha value is -2.46. The summed E-state index contributed by atoms with van der Waals surface area (Å²) in [6, 6.07) is 13.4. The molecular weight excluding hydrogens is 312 g/mol.